The third kappa shape index (κ3) is 3.75. The molecule has 35 heavy (non-hydrogen) atoms. The summed E-state index contributed by atoms with van der Waals surface area (Å²) in [6, 6.07) is 8.76. The maximum Gasteiger partial charge on any atom is 0.181 e. The zero-order chi connectivity index (χ0) is 23.9. The van der Waals surface area contributed by atoms with Gasteiger partial charge in [0.1, 0.15) is 11.5 Å². The van der Waals surface area contributed by atoms with Gasteiger partial charge in [0.2, 0.25) is 0 Å². The lowest BCUT2D eigenvalue weighted by Gasteiger charge is -2.06. The van der Waals surface area contributed by atoms with Gasteiger partial charge in [-0.3, -0.25) is 15.1 Å². The Labute approximate surface area is 198 Å². The largest absolute Gasteiger partial charge is 0.397 e. The first-order chi connectivity index (χ1) is 17.1. The van der Waals surface area contributed by atoms with Crippen LogP contribution in [0.2, 0.25) is 0 Å². The van der Waals surface area contributed by atoms with Gasteiger partial charge in [0.25, 0.3) is 0 Å². The number of hydrogen-bond donors (Lipinski definition) is 4. The minimum Gasteiger partial charge on any atom is -0.397 e. The monoisotopic (exact) mass is 465 g/mol. The SMILES string of the molecule is CNCc1cc(F)cc(-c2cncc3[nH]c(-c4[nH]nc5ncc(-c6cncc(N)c6)cc45)nc23)c1. The van der Waals surface area contributed by atoms with E-state index in [1.165, 1.54) is 12.1 Å². The number of anilines is 1. The molecule has 0 saturated heterocycles. The van der Waals surface area contributed by atoms with E-state index in [1.54, 1.807) is 31.0 Å². The van der Waals surface area contributed by atoms with Crippen molar-refractivity contribution in [3.8, 4) is 33.8 Å². The van der Waals surface area contributed by atoms with Crippen LogP contribution in [0.1, 0.15) is 5.56 Å². The van der Waals surface area contributed by atoms with Gasteiger partial charge in [-0.05, 0) is 48.5 Å². The van der Waals surface area contributed by atoms with E-state index in [0.717, 1.165) is 33.2 Å². The molecular weight excluding hydrogens is 445 g/mol. The normalized spacial score (nSPS) is 11.5. The minimum atomic E-state index is -0.310. The third-order valence-corrected chi connectivity index (χ3v) is 5.78. The maximum atomic E-state index is 14.3. The lowest BCUT2D eigenvalue weighted by molar-refractivity contribution is 0.624. The first-order valence-corrected chi connectivity index (χ1v) is 10.9. The number of nitrogens with zero attached hydrogens (tertiary/aromatic N) is 5. The first kappa shape index (κ1) is 20.9. The highest BCUT2D eigenvalue weighted by atomic mass is 19.1. The van der Waals surface area contributed by atoms with Crippen LogP contribution in [0.3, 0.4) is 0 Å². The summed E-state index contributed by atoms with van der Waals surface area (Å²) in [7, 11) is 1.82. The predicted octanol–water partition coefficient (Wildman–Crippen LogP) is 4.07. The fraction of sp³-hybridized carbons (Fsp3) is 0.0800. The molecule has 0 unspecified atom stereocenters. The summed E-state index contributed by atoms with van der Waals surface area (Å²) in [6.07, 6.45) is 8.46. The Morgan fingerprint density at radius 1 is 0.943 bits per heavy atom. The Balaban J connectivity index is 1.48. The van der Waals surface area contributed by atoms with Crippen molar-refractivity contribution in [2.75, 3.05) is 12.8 Å². The first-order valence-electron chi connectivity index (χ1n) is 10.9. The number of imidazole rings is 1. The summed E-state index contributed by atoms with van der Waals surface area (Å²) in [6.45, 7) is 0.554. The molecule has 172 valence electrons. The number of nitrogens with two attached hydrogens (primary N) is 1. The highest BCUT2D eigenvalue weighted by molar-refractivity contribution is 5.96. The molecule has 0 amide bonds. The molecule has 5 N–H and O–H groups in total. The van der Waals surface area contributed by atoms with Gasteiger partial charge >= 0.3 is 0 Å². The van der Waals surface area contributed by atoms with E-state index in [1.807, 2.05) is 25.2 Å². The summed E-state index contributed by atoms with van der Waals surface area (Å²) in [5.74, 6) is 0.267. The van der Waals surface area contributed by atoms with Crippen LogP contribution in [0.15, 0.2) is 61.3 Å². The average Bonchev–Trinajstić information content (AvgIpc) is 3.47. The Bertz CT molecular complexity index is 1700. The van der Waals surface area contributed by atoms with Crippen molar-refractivity contribution in [2.24, 2.45) is 0 Å². The third-order valence-electron chi connectivity index (χ3n) is 5.78. The van der Waals surface area contributed by atoms with Crippen LogP contribution in [0, 0.1) is 5.82 Å². The Kier molecular flexibility index (Phi) is 4.93. The van der Waals surface area contributed by atoms with Gasteiger partial charge in [0, 0.05) is 48.0 Å². The zero-order valence-corrected chi connectivity index (χ0v) is 18.7. The van der Waals surface area contributed by atoms with Gasteiger partial charge in [-0.25, -0.2) is 14.4 Å². The second kappa shape index (κ2) is 8.26. The molecule has 0 aliphatic rings. The number of nitrogen functional groups attached to an aromatic ring is 1. The van der Waals surface area contributed by atoms with Crippen molar-refractivity contribution in [3.05, 3.63) is 72.7 Å². The van der Waals surface area contributed by atoms with Crippen molar-refractivity contribution < 1.29 is 4.39 Å². The molecule has 5 aromatic heterocycles. The number of nitrogens with one attached hydrogen (secondary N) is 3. The lowest BCUT2D eigenvalue weighted by Crippen LogP contribution is -2.05. The lowest BCUT2D eigenvalue weighted by atomic mass is 10.0. The zero-order valence-electron chi connectivity index (χ0n) is 18.7. The van der Waals surface area contributed by atoms with E-state index in [-0.39, 0.29) is 5.82 Å². The van der Waals surface area contributed by atoms with E-state index < -0.39 is 0 Å². The van der Waals surface area contributed by atoms with Crippen LogP contribution in [0.25, 0.3) is 55.8 Å². The fourth-order valence-electron chi connectivity index (χ4n) is 4.23. The van der Waals surface area contributed by atoms with Crippen LogP contribution in [0.4, 0.5) is 10.1 Å². The molecule has 0 radical (unpaired) electrons. The number of fused-ring (bicyclic) bond motifs is 2. The van der Waals surface area contributed by atoms with Crippen LogP contribution < -0.4 is 11.1 Å². The molecule has 0 fully saturated rings. The van der Waals surface area contributed by atoms with E-state index in [2.05, 4.69) is 35.5 Å². The molecule has 9 nitrogen and oxygen atoms in total. The summed E-state index contributed by atoms with van der Waals surface area (Å²) < 4.78 is 14.3. The van der Waals surface area contributed by atoms with E-state index in [0.29, 0.717) is 40.5 Å². The van der Waals surface area contributed by atoms with Crippen LogP contribution in [-0.2, 0) is 6.54 Å². The Hall–Kier alpha value is -4.70. The number of rotatable bonds is 5. The average molecular weight is 465 g/mol. The number of benzene rings is 1. The number of H-pyrrole nitrogens is 2. The number of hydrogen-bond acceptors (Lipinski definition) is 7. The molecule has 5 heterocycles. The predicted molar refractivity (Wildman–Crippen MR) is 133 cm³/mol. The topological polar surface area (TPSA) is 134 Å². The minimum absolute atomic E-state index is 0.310. The molecule has 1 aromatic carbocycles. The van der Waals surface area contributed by atoms with Gasteiger partial charge in [-0.1, -0.05) is 0 Å². The van der Waals surface area contributed by atoms with E-state index >= 15 is 0 Å². The van der Waals surface area contributed by atoms with Gasteiger partial charge in [-0.15, -0.1) is 0 Å². The molecule has 0 atom stereocenters. The molecular formula is C25H20FN9. The summed E-state index contributed by atoms with van der Waals surface area (Å²) in [4.78, 5) is 21.1. The van der Waals surface area contributed by atoms with Crippen LogP contribution >= 0.6 is 0 Å². The quantitative estimate of drug-likeness (QED) is 0.302. The molecule has 0 spiro atoms. The summed E-state index contributed by atoms with van der Waals surface area (Å²) in [5.41, 5.74) is 13.1. The molecule has 6 aromatic rings. The van der Waals surface area contributed by atoms with Crippen LogP contribution in [-0.4, -0.2) is 42.2 Å². The van der Waals surface area contributed by atoms with Crippen LogP contribution in [0.5, 0.6) is 0 Å². The van der Waals surface area contributed by atoms with Gasteiger partial charge in [0.15, 0.2) is 11.5 Å². The number of pyridine rings is 3. The summed E-state index contributed by atoms with van der Waals surface area (Å²) >= 11 is 0. The standard InChI is InChI=1S/C25H20FN9/c1-28-7-13-2-14(4-17(26)3-13)20-11-30-12-21-22(20)33-25(32-21)23-19-6-16(9-31-24(19)35-34-23)15-5-18(27)10-29-8-15/h2-6,8-12,28H,7,27H2,1H3,(H,32,33)(H,31,34,35). The Morgan fingerprint density at radius 3 is 2.66 bits per heavy atom. The number of aromatic amines is 2. The highest BCUT2D eigenvalue weighted by Crippen LogP contribution is 2.32. The fourth-order valence-corrected chi connectivity index (χ4v) is 4.23. The smallest absolute Gasteiger partial charge is 0.181 e. The van der Waals surface area contributed by atoms with Gasteiger partial charge in [0.05, 0.1) is 28.3 Å². The van der Waals surface area contributed by atoms with Crippen molar-refractivity contribution in [2.45, 2.75) is 6.54 Å². The van der Waals surface area contributed by atoms with Gasteiger partial charge in [-0.2, -0.15) is 5.10 Å². The molecule has 0 saturated carbocycles. The van der Waals surface area contributed by atoms with Crippen molar-refractivity contribution in [1.82, 2.24) is 40.4 Å². The highest BCUT2D eigenvalue weighted by Gasteiger charge is 2.17. The molecule has 10 heteroatoms. The second-order valence-corrected chi connectivity index (χ2v) is 8.25. The molecule has 6 rings (SSSR count). The van der Waals surface area contributed by atoms with Crippen molar-refractivity contribution in [1.29, 1.82) is 0 Å². The van der Waals surface area contributed by atoms with E-state index in [4.69, 9.17) is 10.7 Å². The van der Waals surface area contributed by atoms with Crippen molar-refractivity contribution in [3.63, 3.8) is 0 Å². The Morgan fingerprint density at radius 2 is 1.80 bits per heavy atom. The number of halogens is 1. The van der Waals surface area contributed by atoms with E-state index in [9.17, 15) is 4.39 Å². The molecule has 0 aliphatic carbocycles. The molecule has 0 aliphatic heterocycles. The maximum absolute atomic E-state index is 14.3. The second-order valence-electron chi connectivity index (χ2n) is 8.25. The van der Waals surface area contributed by atoms with Gasteiger partial charge < -0.3 is 16.0 Å². The number of aromatic nitrogens is 7. The summed E-state index contributed by atoms with van der Waals surface area (Å²) in [5, 5.41) is 11.2. The van der Waals surface area contributed by atoms with Crippen molar-refractivity contribution >= 4 is 27.8 Å². The molecule has 0 bridgehead atoms.